The van der Waals surface area contributed by atoms with Crippen LogP contribution in [0.5, 0.6) is 0 Å². The minimum absolute atomic E-state index is 0.0213. The predicted molar refractivity (Wildman–Crippen MR) is 76.4 cm³/mol. The van der Waals surface area contributed by atoms with Gasteiger partial charge in [0.25, 0.3) is 5.91 Å². The summed E-state index contributed by atoms with van der Waals surface area (Å²) in [6.07, 6.45) is -0.179. The van der Waals surface area contributed by atoms with Crippen LogP contribution in [0.15, 0.2) is 12.1 Å². The largest absolute Gasteiger partial charge is 0.381 e. The van der Waals surface area contributed by atoms with E-state index < -0.39 is 11.6 Å². The summed E-state index contributed by atoms with van der Waals surface area (Å²) in [5, 5.41) is 2.61. The number of amides is 1. The third kappa shape index (κ3) is 3.50. The lowest BCUT2D eigenvalue weighted by molar-refractivity contribution is -0.0586. The second-order valence-corrected chi connectivity index (χ2v) is 5.31. The topological polar surface area (TPSA) is 41.6 Å². The monoisotopic (exact) mass is 298 g/mol. The lowest BCUT2D eigenvalue weighted by Gasteiger charge is -2.35. The second-order valence-electron chi connectivity index (χ2n) is 5.31. The highest BCUT2D eigenvalue weighted by molar-refractivity contribution is 5.94. The number of halogens is 2. The molecule has 1 saturated heterocycles. The molecule has 1 aliphatic rings. The number of anilines is 1. The Balaban J connectivity index is 2.23. The fraction of sp³-hybridized carbons (Fsp3) is 0.533. The van der Waals surface area contributed by atoms with Crippen LogP contribution in [0.1, 0.15) is 31.1 Å². The molecule has 1 amide bonds. The number of nitrogens with zero attached hydrogens (tertiary/aromatic N) is 1. The van der Waals surface area contributed by atoms with Gasteiger partial charge < -0.3 is 15.0 Å². The van der Waals surface area contributed by atoms with Crippen molar-refractivity contribution in [3.8, 4) is 0 Å². The summed E-state index contributed by atoms with van der Waals surface area (Å²) in [7, 11) is 0. The Bertz CT molecular complexity index is 503. The molecule has 0 saturated carbocycles. The van der Waals surface area contributed by atoms with E-state index in [2.05, 4.69) is 5.32 Å². The molecular weight excluding hydrogens is 278 g/mol. The average molecular weight is 298 g/mol. The molecule has 0 spiro atoms. The Labute approximate surface area is 123 Å². The zero-order valence-corrected chi connectivity index (χ0v) is 12.5. The van der Waals surface area contributed by atoms with Crippen LogP contribution in [0.2, 0.25) is 0 Å². The number of hydrogen-bond donors (Lipinski definition) is 1. The van der Waals surface area contributed by atoms with Gasteiger partial charge in [-0.1, -0.05) is 0 Å². The number of rotatable bonds is 3. The van der Waals surface area contributed by atoms with Crippen LogP contribution in [0.4, 0.5) is 14.5 Å². The van der Waals surface area contributed by atoms with Crippen LogP contribution in [0, 0.1) is 11.6 Å². The van der Waals surface area contributed by atoms with Gasteiger partial charge in [-0.15, -0.1) is 0 Å². The SMILES string of the molecule is CCNc1c(F)cc(C(=O)N2CC(C)OC(C)C2)cc1F. The summed E-state index contributed by atoms with van der Waals surface area (Å²) in [4.78, 5) is 14.0. The van der Waals surface area contributed by atoms with Gasteiger partial charge >= 0.3 is 0 Å². The average Bonchev–Trinajstić information content (AvgIpc) is 2.40. The zero-order valence-electron chi connectivity index (χ0n) is 12.5. The van der Waals surface area contributed by atoms with Gasteiger partial charge in [-0.25, -0.2) is 8.78 Å². The van der Waals surface area contributed by atoms with Crippen molar-refractivity contribution in [3.63, 3.8) is 0 Å². The maximum Gasteiger partial charge on any atom is 0.254 e. The Morgan fingerprint density at radius 2 is 1.81 bits per heavy atom. The standard InChI is InChI=1S/C15H20F2N2O2/c1-4-18-14-12(16)5-11(6-13(14)17)15(20)19-7-9(2)21-10(3)8-19/h5-6,9-10,18H,4,7-8H2,1-3H3. The van der Waals surface area contributed by atoms with E-state index in [9.17, 15) is 13.6 Å². The molecule has 21 heavy (non-hydrogen) atoms. The van der Waals surface area contributed by atoms with Crippen LogP contribution in [-0.2, 0) is 4.74 Å². The van der Waals surface area contributed by atoms with Crippen LogP contribution in [-0.4, -0.2) is 42.6 Å². The number of benzene rings is 1. The summed E-state index contributed by atoms with van der Waals surface area (Å²) in [5.74, 6) is -1.89. The van der Waals surface area contributed by atoms with E-state index in [0.717, 1.165) is 12.1 Å². The van der Waals surface area contributed by atoms with Crippen molar-refractivity contribution in [1.82, 2.24) is 4.90 Å². The molecule has 1 aromatic carbocycles. The Morgan fingerprint density at radius 3 is 2.29 bits per heavy atom. The van der Waals surface area contributed by atoms with Crippen molar-refractivity contribution >= 4 is 11.6 Å². The first-order chi connectivity index (χ1) is 9.92. The number of hydrogen-bond acceptors (Lipinski definition) is 3. The van der Waals surface area contributed by atoms with Gasteiger partial charge in [-0.3, -0.25) is 4.79 Å². The van der Waals surface area contributed by atoms with Crippen molar-refractivity contribution in [3.05, 3.63) is 29.3 Å². The smallest absolute Gasteiger partial charge is 0.254 e. The first-order valence-electron chi connectivity index (χ1n) is 7.10. The number of morpholine rings is 1. The van der Waals surface area contributed by atoms with Crippen molar-refractivity contribution in [2.75, 3.05) is 25.0 Å². The Morgan fingerprint density at radius 1 is 1.29 bits per heavy atom. The highest BCUT2D eigenvalue weighted by Crippen LogP contribution is 2.22. The molecule has 0 bridgehead atoms. The normalized spacial score (nSPS) is 22.2. The molecule has 6 heteroatoms. The molecule has 0 radical (unpaired) electrons. The van der Waals surface area contributed by atoms with Crippen LogP contribution < -0.4 is 5.32 Å². The molecule has 2 unspecified atom stereocenters. The van der Waals surface area contributed by atoms with Crippen molar-refractivity contribution in [2.24, 2.45) is 0 Å². The molecular formula is C15H20F2N2O2. The van der Waals surface area contributed by atoms with E-state index in [1.54, 1.807) is 11.8 Å². The summed E-state index contributed by atoms with van der Waals surface area (Å²) < 4.78 is 33.3. The predicted octanol–water partition coefficient (Wildman–Crippen LogP) is 2.65. The Kier molecular flexibility index (Phi) is 4.77. The molecule has 4 nitrogen and oxygen atoms in total. The van der Waals surface area contributed by atoms with Crippen molar-refractivity contribution in [1.29, 1.82) is 0 Å². The fourth-order valence-corrected chi connectivity index (χ4v) is 2.57. The summed E-state index contributed by atoms with van der Waals surface area (Å²) >= 11 is 0. The first kappa shape index (κ1) is 15.7. The fourth-order valence-electron chi connectivity index (χ4n) is 2.57. The molecule has 116 valence electrons. The van der Waals surface area contributed by atoms with E-state index in [-0.39, 0.29) is 29.4 Å². The molecule has 0 aliphatic carbocycles. The molecule has 1 N–H and O–H groups in total. The van der Waals surface area contributed by atoms with Gasteiger partial charge in [0.1, 0.15) is 17.3 Å². The minimum Gasteiger partial charge on any atom is -0.381 e. The lowest BCUT2D eigenvalue weighted by atomic mass is 10.1. The Hall–Kier alpha value is -1.69. The van der Waals surface area contributed by atoms with Crippen molar-refractivity contribution < 1.29 is 18.3 Å². The van der Waals surface area contributed by atoms with E-state index in [1.807, 2.05) is 13.8 Å². The molecule has 1 heterocycles. The van der Waals surface area contributed by atoms with Gasteiger partial charge in [-0.2, -0.15) is 0 Å². The summed E-state index contributed by atoms with van der Waals surface area (Å²) in [5.41, 5.74) is -0.175. The van der Waals surface area contributed by atoms with Crippen LogP contribution in [0.25, 0.3) is 0 Å². The quantitative estimate of drug-likeness (QED) is 0.933. The van der Waals surface area contributed by atoms with E-state index in [1.165, 1.54) is 0 Å². The van der Waals surface area contributed by atoms with Gasteiger partial charge in [0.15, 0.2) is 0 Å². The zero-order chi connectivity index (χ0) is 15.6. The molecule has 2 rings (SSSR count). The molecule has 1 aliphatic heterocycles. The van der Waals surface area contributed by atoms with E-state index in [4.69, 9.17) is 4.74 Å². The molecule has 0 aromatic heterocycles. The second kappa shape index (κ2) is 6.39. The minimum atomic E-state index is -0.755. The molecule has 1 fully saturated rings. The van der Waals surface area contributed by atoms with Gasteiger partial charge in [0, 0.05) is 25.2 Å². The van der Waals surface area contributed by atoms with Crippen molar-refractivity contribution in [2.45, 2.75) is 33.0 Å². The highest BCUT2D eigenvalue weighted by atomic mass is 19.1. The van der Waals surface area contributed by atoms with Gasteiger partial charge in [0.2, 0.25) is 0 Å². The summed E-state index contributed by atoms with van der Waals surface area (Å²) in [6, 6.07) is 2.16. The third-order valence-electron chi connectivity index (χ3n) is 3.35. The molecule has 2 atom stereocenters. The lowest BCUT2D eigenvalue weighted by Crippen LogP contribution is -2.48. The maximum atomic E-state index is 13.9. The summed E-state index contributed by atoms with van der Waals surface area (Å²) in [6.45, 7) is 6.72. The number of carbonyl (C=O) groups is 1. The van der Waals surface area contributed by atoms with Crippen LogP contribution in [0.3, 0.4) is 0 Å². The number of ether oxygens (including phenoxy) is 1. The number of nitrogens with one attached hydrogen (secondary N) is 1. The van der Waals surface area contributed by atoms with E-state index in [0.29, 0.717) is 19.6 Å². The molecule has 1 aromatic rings. The first-order valence-corrected chi connectivity index (χ1v) is 7.10. The van der Waals surface area contributed by atoms with Crippen LogP contribution >= 0.6 is 0 Å². The number of carbonyl (C=O) groups excluding carboxylic acids is 1. The van der Waals surface area contributed by atoms with E-state index >= 15 is 0 Å². The third-order valence-corrected chi connectivity index (χ3v) is 3.35. The highest BCUT2D eigenvalue weighted by Gasteiger charge is 2.27. The maximum absolute atomic E-state index is 13.9. The van der Waals surface area contributed by atoms with Gasteiger partial charge in [0.05, 0.1) is 12.2 Å². The van der Waals surface area contributed by atoms with Gasteiger partial charge in [-0.05, 0) is 32.9 Å².